The van der Waals surface area contributed by atoms with Crippen molar-refractivity contribution >= 4 is 27.5 Å². The summed E-state index contributed by atoms with van der Waals surface area (Å²) in [6.07, 6.45) is 7.60. The third-order valence-electron chi connectivity index (χ3n) is 4.59. The van der Waals surface area contributed by atoms with Crippen LogP contribution in [0.1, 0.15) is 32.6 Å². The van der Waals surface area contributed by atoms with Crippen LogP contribution in [0.2, 0.25) is 0 Å². The van der Waals surface area contributed by atoms with E-state index in [4.69, 9.17) is 0 Å². The molecular formula is C14H18BrN3O. The fourth-order valence-electron chi connectivity index (χ4n) is 3.44. The Morgan fingerprint density at radius 1 is 1.32 bits per heavy atom. The zero-order valence-corrected chi connectivity index (χ0v) is 12.7. The Morgan fingerprint density at radius 2 is 2.05 bits per heavy atom. The minimum Gasteiger partial charge on any atom is -0.355 e. The van der Waals surface area contributed by atoms with E-state index in [1.807, 2.05) is 6.20 Å². The maximum absolute atomic E-state index is 11.8. The highest BCUT2D eigenvalue weighted by atomic mass is 79.9. The van der Waals surface area contributed by atoms with Crippen molar-refractivity contribution < 1.29 is 4.79 Å². The van der Waals surface area contributed by atoms with Gasteiger partial charge in [0.15, 0.2) is 0 Å². The molecule has 0 N–H and O–H groups in total. The molecular weight excluding hydrogens is 306 g/mol. The van der Waals surface area contributed by atoms with Crippen LogP contribution in [0.4, 0.5) is 5.82 Å². The lowest BCUT2D eigenvalue weighted by Crippen LogP contribution is -2.39. The van der Waals surface area contributed by atoms with E-state index in [0.29, 0.717) is 5.78 Å². The van der Waals surface area contributed by atoms with Gasteiger partial charge in [-0.05, 0) is 40.6 Å². The molecule has 2 aliphatic rings. The van der Waals surface area contributed by atoms with Crippen LogP contribution in [0.15, 0.2) is 17.0 Å². The third kappa shape index (κ3) is 2.53. The number of carbonyl (C=O) groups excluding carboxylic acids is 1. The molecule has 1 aromatic rings. The largest absolute Gasteiger partial charge is 0.355 e. The van der Waals surface area contributed by atoms with Gasteiger partial charge in [-0.2, -0.15) is 0 Å². The van der Waals surface area contributed by atoms with E-state index in [0.717, 1.165) is 49.2 Å². The van der Waals surface area contributed by atoms with Gasteiger partial charge in [0.2, 0.25) is 0 Å². The minimum absolute atomic E-state index is 0.263. The molecule has 1 saturated heterocycles. The van der Waals surface area contributed by atoms with Gasteiger partial charge in [0.25, 0.3) is 0 Å². The van der Waals surface area contributed by atoms with Gasteiger partial charge in [0, 0.05) is 25.4 Å². The van der Waals surface area contributed by atoms with Gasteiger partial charge in [-0.15, -0.1) is 0 Å². The van der Waals surface area contributed by atoms with Gasteiger partial charge < -0.3 is 4.90 Å². The Kier molecular flexibility index (Phi) is 3.33. The number of aromatic nitrogens is 2. The molecule has 0 bridgehead atoms. The van der Waals surface area contributed by atoms with Gasteiger partial charge in [0.05, 0.1) is 12.4 Å². The summed E-state index contributed by atoms with van der Waals surface area (Å²) in [6, 6.07) is 0. The number of Topliss-reactive ketones (excluding diaryl/α,β-unsaturated/α-hetero) is 1. The van der Waals surface area contributed by atoms with Crippen LogP contribution in [0.3, 0.4) is 0 Å². The second-order valence-electron chi connectivity index (χ2n) is 5.93. The van der Waals surface area contributed by atoms with E-state index in [1.54, 1.807) is 6.20 Å². The van der Waals surface area contributed by atoms with Crippen LogP contribution >= 0.6 is 15.9 Å². The summed E-state index contributed by atoms with van der Waals surface area (Å²) in [4.78, 5) is 22.7. The summed E-state index contributed by atoms with van der Waals surface area (Å²) in [7, 11) is 0. The first kappa shape index (κ1) is 13.0. The summed E-state index contributed by atoms with van der Waals surface area (Å²) in [5, 5.41) is 0. The number of rotatable bonds is 1. The molecule has 0 amide bonds. The smallest absolute Gasteiger partial charge is 0.147 e. The maximum Gasteiger partial charge on any atom is 0.147 e. The second kappa shape index (κ2) is 4.85. The van der Waals surface area contributed by atoms with Gasteiger partial charge in [0.1, 0.15) is 16.2 Å². The lowest BCUT2D eigenvalue weighted by Gasteiger charge is -2.39. The van der Waals surface area contributed by atoms with E-state index < -0.39 is 0 Å². The summed E-state index contributed by atoms with van der Waals surface area (Å²) in [6.45, 7) is 4.04. The van der Waals surface area contributed by atoms with Crippen LogP contribution in [0, 0.1) is 11.3 Å². The number of halogens is 1. The zero-order chi connectivity index (χ0) is 13.5. The predicted octanol–water partition coefficient (Wildman–Crippen LogP) is 2.82. The molecule has 1 spiro atoms. The average molecular weight is 324 g/mol. The second-order valence-corrected chi connectivity index (χ2v) is 6.75. The van der Waals surface area contributed by atoms with Crippen molar-refractivity contribution in [1.29, 1.82) is 0 Å². The Balaban J connectivity index is 1.67. The van der Waals surface area contributed by atoms with Crippen molar-refractivity contribution in [3.63, 3.8) is 0 Å². The van der Waals surface area contributed by atoms with Crippen LogP contribution < -0.4 is 4.90 Å². The average Bonchev–Trinajstić information content (AvgIpc) is 2.67. The number of anilines is 1. The van der Waals surface area contributed by atoms with E-state index in [1.165, 1.54) is 0 Å². The molecule has 1 aromatic heterocycles. The number of hydrogen-bond donors (Lipinski definition) is 0. The number of ketones is 1. The van der Waals surface area contributed by atoms with E-state index >= 15 is 0 Å². The number of nitrogens with zero attached hydrogens (tertiary/aromatic N) is 3. The highest BCUT2D eigenvalue weighted by Crippen LogP contribution is 2.47. The molecule has 1 aliphatic carbocycles. The van der Waals surface area contributed by atoms with Crippen molar-refractivity contribution in [3.05, 3.63) is 17.0 Å². The summed E-state index contributed by atoms with van der Waals surface area (Å²) in [5.74, 6) is 1.66. The fraction of sp³-hybridized carbons (Fsp3) is 0.643. The van der Waals surface area contributed by atoms with Crippen LogP contribution in [-0.2, 0) is 4.79 Å². The molecule has 102 valence electrons. The van der Waals surface area contributed by atoms with Crippen molar-refractivity contribution in [1.82, 2.24) is 9.97 Å². The van der Waals surface area contributed by atoms with Crippen molar-refractivity contribution in [3.8, 4) is 0 Å². The molecule has 4 nitrogen and oxygen atoms in total. The lowest BCUT2D eigenvalue weighted by molar-refractivity contribution is -0.120. The monoisotopic (exact) mass is 323 g/mol. The molecule has 2 fully saturated rings. The molecule has 1 saturated carbocycles. The molecule has 0 unspecified atom stereocenters. The van der Waals surface area contributed by atoms with Gasteiger partial charge in [-0.3, -0.25) is 4.79 Å². The first-order valence-electron chi connectivity index (χ1n) is 6.83. The Hall–Kier alpha value is -0.970. The molecule has 1 atom stereocenters. The molecule has 1 aliphatic heterocycles. The zero-order valence-electron chi connectivity index (χ0n) is 11.1. The summed E-state index contributed by atoms with van der Waals surface area (Å²) in [5.41, 5.74) is 0.274. The van der Waals surface area contributed by atoms with Gasteiger partial charge in [-0.1, -0.05) is 6.92 Å². The van der Waals surface area contributed by atoms with Crippen molar-refractivity contribution in [2.24, 2.45) is 11.3 Å². The number of carbonyl (C=O) groups is 1. The summed E-state index contributed by atoms with van der Waals surface area (Å²) >= 11 is 3.30. The van der Waals surface area contributed by atoms with Crippen LogP contribution in [0.5, 0.6) is 0 Å². The molecule has 0 radical (unpaired) electrons. The van der Waals surface area contributed by atoms with Crippen LogP contribution in [0.25, 0.3) is 0 Å². The van der Waals surface area contributed by atoms with Gasteiger partial charge >= 0.3 is 0 Å². The fourth-order valence-corrected chi connectivity index (χ4v) is 3.64. The first-order valence-corrected chi connectivity index (χ1v) is 7.63. The highest BCUT2D eigenvalue weighted by molar-refractivity contribution is 9.10. The maximum atomic E-state index is 11.8. The third-order valence-corrected chi connectivity index (χ3v) is 5.00. The Bertz CT molecular complexity index is 480. The van der Waals surface area contributed by atoms with E-state index in [2.05, 4.69) is 37.7 Å². The Morgan fingerprint density at radius 3 is 2.58 bits per heavy atom. The molecule has 3 rings (SSSR count). The minimum atomic E-state index is 0.263. The normalized spacial score (nSPS) is 26.1. The lowest BCUT2D eigenvalue weighted by atomic mass is 9.76. The standard InChI is InChI=1S/C14H18BrN3O/c1-10-6-14(7-11(10)19)2-4-18(5-3-14)13-9-16-12(15)8-17-13/h8-10H,2-7H2,1H3/t10-/m0/s1. The topological polar surface area (TPSA) is 46.1 Å². The van der Waals surface area contributed by atoms with Crippen molar-refractivity contribution in [2.45, 2.75) is 32.6 Å². The highest BCUT2D eigenvalue weighted by Gasteiger charge is 2.44. The SMILES string of the molecule is C[C@H]1CC2(CCN(c3cnc(Br)cn3)CC2)CC1=O. The summed E-state index contributed by atoms with van der Waals surface area (Å²) < 4.78 is 0.764. The Labute approximate surface area is 121 Å². The molecule has 19 heavy (non-hydrogen) atoms. The van der Waals surface area contributed by atoms with E-state index in [9.17, 15) is 4.79 Å². The van der Waals surface area contributed by atoms with E-state index in [-0.39, 0.29) is 11.3 Å². The number of hydrogen-bond acceptors (Lipinski definition) is 4. The number of piperidine rings is 1. The first-order chi connectivity index (χ1) is 9.08. The van der Waals surface area contributed by atoms with Crippen molar-refractivity contribution in [2.75, 3.05) is 18.0 Å². The molecule has 2 heterocycles. The van der Waals surface area contributed by atoms with Crippen LogP contribution in [-0.4, -0.2) is 28.8 Å². The quantitative estimate of drug-likeness (QED) is 0.797. The molecule has 5 heteroatoms. The van der Waals surface area contributed by atoms with Gasteiger partial charge in [-0.25, -0.2) is 9.97 Å². The molecule has 0 aromatic carbocycles. The predicted molar refractivity (Wildman–Crippen MR) is 77.0 cm³/mol.